The minimum absolute atomic E-state index is 0.0253. The van der Waals surface area contributed by atoms with Crippen LogP contribution in [0.2, 0.25) is 0 Å². The Labute approximate surface area is 169 Å². The van der Waals surface area contributed by atoms with Crippen molar-refractivity contribution >= 4 is 17.5 Å². The molecule has 0 saturated heterocycles. The Kier molecular flexibility index (Phi) is 5.56. The van der Waals surface area contributed by atoms with E-state index in [0.29, 0.717) is 30.1 Å². The monoisotopic (exact) mass is 386 g/mol. The van der Waals surface area contributed by atoms with Crippen LogP contribution in [0.15, 0.2) is 78.9 Å². The highest BCUT2D eigenvalue weighted by Gasteiger charge is 2.22. The number of amides is 2. The molecule has 4 rings (SSSR count). The Bertz CT molecular complexity index is 1000. The van der Waals surface area contributed by atoms with Gasteiger partial charge >= 0.3 is 0 Å². The molecule has 0 radical (unpaired) electrons. The second kappa shape index (κ2) is 8.61. The van der Waals surface area contributed by atoms with Crippen molar-refractivity contribution in [1.29, 1.82) is 0 Å². The lowest BCUT2D eigenvalue weighted by Gasteiger charge is -2.20. The summed E-state index contributed by atoms with van der Waals surface area (Å²) in [7, 11) is 0. The molecular weight excluding hydrogens is 364 g/mol. The van der Waals surface area contributed by atoms with Gasteiger partial charge in [0.05, 0.1) is 0 Å². The molecule has 3 aromatic carbocycles. The third-order valence-corrected chi connectivity index (χ3v) is 4.93. The third kappa shape index (κ3) is 4.63. The van der Waals surface area contributed by atoms with E-state index in [4.69, 9.17) is 4.74 Å². The van der Waals surface area contributed by atoms with Gasteiger partial charge in [0.1, 0.15) is 5.75 Å². The molecule has 0 aromatic heterocycles. The van der Waals surface area contributed by atoms with E-state index in [1.807, 2.05) is 53.4 Å². The number of nitrogens with zero attached hydrogens (tertiary/aromatic N) is 1. The van der Waals surface area contributed by atoms with Crippen molar-refractivity contribution in [3.05, 3.63) is 95.6 Å². The van der Waals surface area contributed by atoms with E-state index < -0.39 is 0 Å². The first-order valence-corrected chi connectivity index (χ1v) is 9.63. The number of hydrogen-bond acceptors (Lipinski definition) is 3. The number of hydrogen-bond donors (Lipinski definition) is 1. The molecule has 1 aliphatic heterocycles. The van der Waals surface area contributed by atoms with Crippen molar-refractivity contribution in [3.8, 4) is 5.75 Å². The summed E-state index contributed by atoms with van der Waals surface area (Å²) in [5, 5.41) is 2.91. The van der Waals surface area contributed by atoms with Crippen LogP contribution in [-0.4, -0.2) is 29.9 Å². The first kappa shape index (κ1) is 18.7. The number of ether oxygens (including phenoxy) is 1. The van der Waals surface area contributed by atoms with Gasteiger partial charge in [0.25, 0.3) is 11.8 Å². The number of anilines is 1. The molecule has 0 unspecified atom stereocenters. The van der Waals surface area contributed by atoms with Gasteiger partial charge in [0.2, 0.25) is 0 Å². The summed E-state index contributed by atoms with van der Waals surface area (Å²) >= 11 is 0. The van der Waals surface area contributed by atoms with Gasteiger partial charge in [-0.25, -0.2) is 0 Å². The number of rotatable bonds is 5. The smallest absolute Gasteiger partial charge is 0.260 e. The van der Waals surface area contributed by atoms with Crippen molar-refractivity contribution in [3.63, 3.8) is 0 Å². The molecular formula is C24H22N2O3. The van der Waals surface area contributed by atoms with Gasteiger partial charge in [-0.1, -0.05) is 48.5 Å². The van der Waals surface area contributed by atoms with Crippen LogP contribution >= 0.6 is 0 Å². The molecule has 0 aliphatic carbocycles. The van der Waals surface area contributed by atoms with Crippen molar-refractivity contribution in [2.75, 3.05) is 18.5 Å². The summed E-state index contributed by atoms with van der Waals surface area (Å²) < 4.78 is 5.68. The summed E-state index contributed by atoms with van der Waals surface area (Å²) in [5.74, 6) is 0.474. The molecule has 0 atom stereocenters. The van der Waals surface area contributed by atoms with Crippen LogP contribution < -0.4 is 10.1 Å². The predicted octanol–water partition coefficient (Wildman–Crippen LogP) is 3.90. The van der Waals surface area contributed by atoms with Gasteiger partial charge in [0, 0.05) is 29.9 Å². The van der Waals surface area contributed by atoms with Gasteiger partial charge in [-0.05, 0) is 42.3 Å². The van der Waals surface area contributed by atoms with Crippen LogP contribution in [0.25, 0.3) is 0 Å². The maximum atomic E-state index is 12.5. The van der Waals surface area contributed by atoms with Gasteiger partial charge in [0.15, 0.2) is 6.61 Å². The molecule has 5 nitrogen and oxygen atoms in total. The van der Waals surface area contributed by atoms with E-state index in [2.05, 4.69) is 17.4 Å². The zero-order valence-electron chi connectivity index (χ0n) is 16.0. The van der Waals surface area contributed by atoms with Gasteiger partial charge in [-0.2, -0.15) is 0 Å². The highest BCUT2D eigenvalue weighted by atomic mass is 16.5. The standard InChI is InChI=1S/C24H22N2O3/c27-23-17-29-22-12-11-21(25-24(28)19-9-5-2-6-10-19)15-20(22)16-26(23)14-13-18-7-3-1-4-8-18/h1-12,15H,13-14,16-17H2,(H,25,28). The molecule has 1 N–H and O–H groups in total. The van der Waals surface area contributed by atoms with Gasteiger partial charge in [-0.3, -0.25) is 9.59 Å². The van der Waals surface area contributed by atoms with Crippen molar-refractivity contribution in [1.82, 2.24) is 4.90 Å². The first-order valence-electron chi connectivity index (χ1n) is 9.63. The quantitative estimate of drug-likeness (QED) is 0.723. The molecule has 0 bridgehead atoms. The van der Waals surface area contributed by atoms with Gasteiger partial charge < -0.3 is 15.0 Å². The summed E-state index contributed by atoms with van der Waals surface area (Å²) in [6, 6.07) is 24.7. The molecule has 5 heteroatoms. The van der Waals surface area contributed by atoms with Crippen molar-refractivity contribution in [2.24, 2.45) is 0 Å². The molecule has 3 aromatic rings. The fraction of sp³-hybridized carbons (Fsp3) is 0.167. The lowest BCUT2D eigenvalue weighted by molar-refractivity contribution is -0.133. The maximum Gasteiger partial charge on any atom is 0.260 e. The highest BCUT2D eigenvalue weighted by molar-refractivity contribution is 6.04. The number of fused-ring (bicyclic) bond motifs is 1. The van der Waals surface area contributed by atoms with E-state index in [0.717, 1.165) is 12.0 Å². The van der Waals surface area contributed by atoms with E-state index in [-0.39, 0.29) is 18.4 Å². The van der Waals surface area contributed by atoms with Crippen LogP contribution in [0.4, 0.5) is 5.69 Å². The fourth-order valence-corrected chi connectivity index (χ4v) is 3.35. The van der Waals surface area contributed by atoms with Crippen LogP contribution in [0.3, 0.4) is 0 Å². The number of carbonyl (C=O) groups excluding carboxylic acids is 2. The Morgan fingerprint density at radius 3 is 2.45 bits per heavy atom. The molecule has 0 saturated carbocycles. The molecule has 1 heterocycles. The minimum atomic E-state index is -0.169. The molecule has 0 fully saturated rings. The van der Waals surface area contributed by atoms with E-state index in [1.54, 1.807) is 18.2 Å². The predicted molar refractivity (Wildman–Crippen MR) is 112 cm³/mol. The van der Waals surface area contributed by atoms with E-state index in [9.17, 15) is 9.59 Å². The molecule has 1 aliphatic rings. The zero-order chi connectivity index (χ0) is 20.1. The Morgan fingerprint density at radius 1 is 0.966 bits per heavy atom. The van der Waals surface area contributed by atoms with Crippen LogP contribution in [0.1, 0.15) is 21.5 Å². The minimum Gasteiger partial charge on any atom is -0.483 e. The van der Waals surface area contributed by atoms with Crippen LogP contribution in [0, 0.1) is 0 Å². The van der Waals surface area contributed by atoms with E-state index >= 15 is 0 Å². The zero-order valence-corrected chi connectivity index (χ0v) is 16.0. The van der Waals surface area contributed by atoms with E-state index in [1.165, 1.54) is 5.56 Å². The average Bonchev–Trinajstić information content (AvgIpc) is 2.92. The van der Waals surface area contributed by atoms with Crippen LogP contribution in [0.5, 0.6) is 5.75 Å². The summed E-state index contributed by atoms with van der Waals surface area (Å²) in [5.41, 5.74) is 3.35. The van der Waals surface area contributed by atoms with Crippen molar-refractivity contribution in [2.45, 2.75) is 13.0 Å². The summed E-state index contributed by atoms with van der Waals surface area (Å²) in [4.78, 5) is 26.7. The second-order valence-electron chi connectivity index (χ2n) is 6.98. The average molecular weight is 386 g/mol. The molecule has 2 amide bonds. The Hall–Kier alpha value is -3.60. The highest BCUT2D eigenvalue weighted by Crippen LogP contribution is 2.27. The Balaban J connectivity index is 1.48. The maximum absolute atomic E-state index is 12.5. The molecule has 0 spiro atoms. The SMILES string of the molecule is O=C(Nc1ccc2c(c1)CN(CCc1ccccc1)C(=O)CO2)c1ccccc1. The second-order valence-corrected chi connectivity index (χ2v) is 6.98. The largest absolute Gasteiger partial charge is 0.483 e. The van der Waals surface area contributed by atoms with Gasteiger partial charge in [-0.15, -0.1) is 0 Å². The number of carbonyl (C=O) groups is 2. The molecule has 29 heavy (non-hydrogen) atoms. The topological polar surface area (TPSA) is 58.6 Å². The Morgan fingerprint density at radius 2 is 1.69 bits per heavy atom. The number of nitrogens with one attached hydrogen (secondary N) is 1. The summed E-state index contributed by atoms with van der Waals surface area (Å²) in [6.07, 6.45) is 0.784. The number of benzene rings is 3. The lowest BCUT2D eigenvalue weighted by Crippen LogP contribution is -2.34. The fourth-order valence-electron chi connectivity index (χ4n) is 3.35. The summed E-state index contributed by atoms with van der Waals surface area (Å²) in [6.45, 7) is 1.10. The first-order chi connectivity index (χ1) is 14.2. The normalized spacial score (nSPS) is 13.2. The van der Waals surface area contributed by atoms with Crippen LogP contribution in [-0.2, 0) is 17.8 Å². The lowest BCUT2D eigenvalue weighted by atomic mass is 10.1. The molecule has 146 valence electrons. The third-order valence-electron chi connectivity index (χ3n) is 4.93. The van der Waals surface area contributed by atoms with Crippen molar-refractivity contribution < 1.29 is 14.3 Å².